The third-order valence-corrected chi connectivity index (χ3v) is 3.78. The number of hydrogen-bond donors (Lipinski definition) is 0. The van der Waals surface area contributed by atoms with Crippen LogP contribution in [0.5, 0.6) is 0 Å². The summed E-state index contributed by atoms with van der Waals surface area (Å²) in [6.45, 7) is 2.62. The molecule has 1 atom stereocenters. The van der Waals surface area contributed by atoms with Gasteiger partial charge in [0.1, 0.15) is 11.9 Å². The fourth-order valence-corrected chi connectivity index (χ4v) is 2.61. The highest BCUT2D eigenvalue weighted by molar-refractivity contribution is 5.79. The van der Waals surface area contributed by atoms with Gasteiger partial charge in [-0.05, 0) is 38.0 Å². The second-order valence-electron chi connectivity index (χ2n) is 5.24. The predicted molar refractivity (Wildman–Crippen MR) is 71.8 cm³/mol. The maximum Gasteiger partial charge on any atom is 0.416 e. The van der Waals surface area contributed by atoms with Crippen LogP contribution in [0.3, 0.4) is 0 Å². The summed E-state index contributed by atoms with van der Waals surface area (Å²) in [7, 11) is 0. The van der Waals surface area contributed by atoms with Gasteiger partial charge in [0.15, 0.2) is 0 Å². The van der Waals surface area contributed by atoms with Crippen molar-refractivity contribution in [3.63, 3.8) is 0 Å². The second kappa shape index (κ2) is 5.76. The largest absolute Gasteiger partial charge is 0.416 e. The fraction of sp³-hybridized carbons (Fsp3) is 0.467. The average molecular weight is 296 g/mol. The molecule has 0 N–H and O–H groups in total. The van der Waals surface area contributed by atoms with Crippen LogP contribution in [0.1, 0.15) is 30.9 Å². The Bertz CT molecular complexity index is 590. The number of hydrogen-bond acceptors (Lipinski definition) is 3. The lowest BCUT2D eigenvalue weighted by molar-refractivity contribution is -0.137. The number of nitrogens with zero attached hydrogens (tertiary/aromatic N) is 2. The average Bonchev–Trinajstić information content (AvgIpc) is 2.45. The summed E-state index contributed by atoms with van der Waals surface area (Å²) in [6.07, 6.45) is -2.89. The first-order valence-electron chi connectivity index (χ1n) is 6.69. The van der Waals surface area contributed by atoms with Crippen molar-refractivity contribution in [3.8, 4) is 6.07 Å². The van der Waals surface area contributed by atoms with E-state index >= 15 is 0 Å². The SMILES string of the molecule is CC(=O)C1CCCN(c2ccc(C(F)(F)F)cc2C#N)C1. The number of anilines is 1. The first-order chi connectivity index (χ1) is 9.82. The van der Waals surface area contributed by atoms with Crippen molar-refractivity contribution in [2.45, 2.75) is 25.9 Å². The number of alkyl halides is 3. The number of halogens is 3. The summed E-state index contributed by atoms with van der Waals surface area (Å²) in [5, 5.41) is 9.10. The number of nitriles is 1. The minimum absolute atomic E-state index is 0.00553. The number of ketones is 1. The van der Waals surface area contributed by atoms with Crippen LogP contribution in [0.2, 0.25) is 0 Å². The normalized spacial score (nSPS) is 19.2. The summed E-state index contributed by atoms with van der Waals surface area (Å²) < 4.78 is 38.0. The van der Waals surface area contributed by atoms with Gasteiger partial charge in [-0.3, -0.25) is 4.79 Å². The van der Waals surface area contributed by atoms with E-state index in [-0.39, 0.29) is 17.3 Å². The van der Waals surface area contributed by atoms with Crippen LogP contribution in [-0.4, -0.2) is 18.9 Å². The second-order valence-corrected chi connectivity index (χ2v) is 5.24. The standard InChI is InChI=1S/C15H15F3N2O/c1-10(21)11-3-2-6-20(9-11)14-5-4-13(15(16,17)18)7-12(14)8-19/h4-5,7,11H,2-3,6,9H2,1H3. The Hall–Kier alpha value is -2.03. The van der Waals surface area contributed by atoms with Gasteiger partial charge in [0, 0.05) is 19.0 Å². The fourth-order valence-electron chi connectivity index (χ4n) is 2.61. The van der Waals surface area contributed by atoms with E-state index in [9.17, 15) is 18.0 Å². The van der Waals surface area contributed by atoms with Crippen LogP contribution in [0.15, 0.2) is 18.2 Å². The summed E-state index contributed by atoms with van der Waals surface area (Å²) in [5.41, 5.74) is -0.367. The Labute approximate surface area is 121 Å². The lowest BCUT2D eigenvalue weighted by Crippen LogP contribution is -2.38. The third-order valence-electron chi connectivity index (χ3n) is 3.78. The molecule has 1 aromatic rings. The van der Waals surface area contributed by atoms with Crippen LogP contribution >= 0.6 is 0 Å². The minimum atomic E-state index is -4.46. The summed E-state index contributed by atoms with van der Waals surface area (Å²) in [5.74, 6) is -0.0438. The zero-order valence-corrected chi connectivity index (χ0v) is 11.6. The number of benzene rings is 1. The van der Waals surface area contributed by atoms with Crippen molar-refractivity contribution in [2.24, 2.45) is 5.92 Å². The molecule has 1 aliphatic heterocycles. The molecule has 0 bridgehead atoms. The van der Waals surface area contributed by atoms with E-state index in [1.165, 1.54) is 13.0 Å². The smallest absolute Gasteiger partial charge is 0.370 e. The quantitative estimate of drug-likeness (QED) is 0.840. The van der Waals surface area contributed by atoms with Crippen molar-refractivity contribution in [3.05, 3.63) is 29.3 Å². The van der Waals surface area contributed by atoms with Gasteiger partial charge < -0.3 is 4.90 Å². The summed E-state index contributed by atoms with van der Waals surface area (Å²) >= 11 is 0. The Balaban J connectivity index is 2.32. The third kappa shape index (κ3) is 3.35. The number of piperidine rings is 1. The van der Waals surface area contributed by atoms with Gasteiger partial charge in [-0.2, -0.15) is 18.4 Å². The van der Waals surface area contributed by atoms with Crippen molar-refractivity contribution in [1.82, 2.24) is 0 Å². The van der Waals surface area contributed by atoms with Gasteiger partial charge in [-0.25, -0.2) is 0 Å². The molecule has 0 spiro atoms. The molecular weight excluding hydrogens is 281 g/mol. The van der Waals surface area contributed by atoms with Crippen LogP contribution in [0.25, 0.3) is 0 Å². The molecule has 112 valence electrons. The first-order valence-corrected chi connectivity index (χ1v) is 6.69. The van der Waals surface area contributed by atoms with E-state index in [1.807, 2.05) is 11.0 Å². The van der Waals surface area contributed by atoms with Crippen LogP contribution in [-0.2, 0) is 11.0 Å². The van der Waals surface area contributed by atoms with E-state index in [1.54, 1.807) is 0 Å². The molecule has 1 heterocycles. The molecule has 0 aliphatic carbocycles. The molecule has 21 heavy (non-hydrogen) atoms. The molecule has 0 aromatic heterocycles. The van der Waals surface area contributed by atoms with E-state index < -0.39 is 11.7 Å². The molecule has 1 fully saturated rings. The van der Waals surface area contributed by atoms with Gasteiger partial charge in [0.25, 0.3) is 0 Å². The van der Waals surface area contributed by atoms with E-state index in [2.05, 4.69) is 0 Å². The van der Waals surface area contributed by atoms with Gasteiger partial charge >= 0.3 is 6.18 Å². The number of Topliss-reactive ketones (excluding diaryl/α,β-unsaturated/α-hetero) is 1. The molecule has 1 aliphatic rings. The molecule has 0 saturated carbocycles. The summed E-state index contributed by atoms with van der Waals surface area (Å²) in [4.78, 5) is 13.3. The molecule has 0 radical (unpaired) electrons. The Morgan fingerprint density at radius 2 is 2.14 bits per heavy atom. The van der Waals surface area contributed by atoms with E-state index in [0.29, 0.717) is 18.8 Å². The highest BCUT2D eigenvalue weighted by Gasteiger charge is 2.32. The molecule has 1 saturated heterocycles. The van der Waals surface area contributed by atoms with Crippen LogP contribution in [0.4, 0.5) is 18.9 Å². The lowest BCUT2D eigenvalue weighted by Gasteiger charge is -2.34. The van der Waals surface area contributed by atoms with Gasteiger partial charge in [0.2, 0.25) is 0 Å². The van der Waals surface area contributed by atoms with Crippen LogP contribution in [0, 0.1) is 17.2 Å². The molecule has 6 heteroatoms. The number of carbonyl (C=O) groups excluding carboxylic acids is 1. The van der Waals surface area contributed by atoms with Gasteiger partial charge in [-0.1, -0.05) is 0 Å². The zero-order chi connectivity index (χ0) is 15.6. The lowest BCUT2D eigenvalue weighted by atomic mass is 9.93. The molecule has 1 aromatic carbocycles. The van der Waals surface area contributed by atoms with Crippen molar-refractivity contribution in [1.29, 1.82) is 5.26 Å². The van der Waals surface area contributed by atoms with E-state index in [4.69, 9.17) is 5.26 Å². The maximum absolute atomic E-state index is 12.7. The molecule has 2 rings (SSSR count). The maximum atomic E-state index is 12.7. The van der Waals surface area contributed by atoms with Crippen molar-refractivity contribution < 1.29 is 18.0 Å². The minimum Gasteiger partial charge on any atom is -0.370 e. The van der Waals surface area contributed by atoms with Gasteiger partial charge in [-0.15, -0.1) is 0 Å². The molecule has 0 amide bonds. The highest BCUT2D eigenvalue weighted by Crippen LogP contribution is 2.34. The Morgan fingerprint density at radius 3 is 2.71 bits per heavy atom. The molecular formula is C15H15F3N2O. The van der Waals surface area contributed by atoms with Crippen molar-refractivity contribution >= 4 is 11.5 Å². The topological polar surface area (TPSA) is 44.1 Å². The van der Waals surface area contributed by atoms with Crippen LogP contribution < -0.4 is 4.90 Å². The highest BCUT2D eigenvalue weighted by atomic mass is 19.4. The Morgan fingerprint density at radius 1 is 1.43 bits per heavy atom. The van der Waals surface area contributed by atoms with Gasteiger partial charge in [0.05, 0.1) is 16.8 Å². The zero-order valence-electron chi connectivity index (χ0n) is 11.6. The number of carbonyl (C=O) groups is 1. The summed E-state index contributed by atoms with van der Waals surface area (Å²) in [6, 6.07) is 4.99. The predicted octanol–water partition coefficient (Wildman–Crippen LogP) is 3.38. The Kier molecular flexibility index (Phi) is 4.21. The molecule has 1 unspecified atom stereocenters. The van der Waals surface area contributed by atoms with E-state index in [0.717, 1.165) is 25.0 Å². The number of rotatable bonds is 2. The molecule has 3 nitrogen and oxygen atoms in total. The first kappa shape index (κ1) is 15.4. The monoisotopic (exact) mass is 296 g/mol. The van der Waals surface area contributed by atoms with Crippen molar-refractivity contribution in [2.75, 3.05) is 18.0 Å².